The average molecular weight is 351 g/mol. The van der Waals surface area contributed by atoms with Crippen molar-refractivity contribution in [1.29, 1.82) is 5.26 Å². The first kappa shape index (κ1) is 15.5. The lowest BCUT2D eigenvalue weighted by molar-refractivity contribution is 0.0803. The Hall–Kier alpha value is -3.78. The van der Waals surface area contributed by atoms with Crippen molar-refractivity contribution in [2.45, 2.75) is 0 Å². The van der Waals surface area contributed by atoms with Crippen molar-refractivity contribution < 1.29 is 9.59 Å². The van der Waals surface area contributed by atoms with Crippen LogP contribution in [-0.4, -0.2) is 21.5 Å². The molecule has 0 unspecified atom stereocenters. The first-order valence-corrected chi connectivity index (χ1v) is 8.64. The first-order chi connectivity index (χ1) is 13.2. The molecule has 0 saturated carbocycles. The van der Waals surface area contributed by atoms with E-state index in [0.717, 1.165) is 5.56 Å². The maximum Gasteiger partial charge on any atom is 0.173 e. The Kier molecular flexibility index (Phi) is 3.22. The number of carbonyl (C=O) groups is 2. The van der Waals surface area contributed by atoms with Crippen molar-refractivity contribution in [3.05, 3.63) is 77.4 Å². The summed E-state index contributed by atoms with van der Waals surface area (Å²) in [5.74, 6) is -0.400. The molecule has 128 valence electrons. The van der Waals surface area contributed by atoms with Gasteiger partial charge in [0.2, 0.25) is 0 Å². The molecule has 3 aromatic rings. The molecule has 0 bridgehead atoms. The quantitative estimate of drug-likeness (QED) is 0.722. The zero-order valence-electron chi connectivity index (χ0n) is 14.1. The number of aromatic amines is 1. The van der Waals surface area contributed by atoms with Crippen LogP contribution in [0.3, 0.4) is 0 Å². The van der Waals surface area contributed by atoms with E-state index in [-0.39, 0.29) is 11.6 Å². The molecule has 0 aliphatic heterocycles. The largest absolute Gasteiger partial charge is 0.338 e. The molecular formula is C22H13N3O2. The zero-order valence-corrected chi connectivity index (χ0v) is 14.1. The Morgan fingerprint density at radius 1 is 0.926 bits per heavy atom. The van der Waals surface area contributed by atoms with Crippen molar-refractivity contribution in [3.63, 3.8) is 0 Å². The summed E-state index contributed by atoms with van der Waals surface area (Å²) >= 11 is 0. The van der Waals surface area contributed by atoms with E-state index in [0.29, 0.717) is 33.5 Å². The number of imidazole rings is 1. The van der Waals surface area contributed by atoms with E-state index in [9.17, 15) is 9.59 Å². The summed E-state index contributed by atoms with van der Waals surface area (Å²) in [4.78, 5) is 33.8. The minimum absolute atomic E-state index is 0.0416. The molecule has 0 saturated heterocycles. The maximum atomic E-state index is 13.1. The number of nitriles is 1. The Bertz CT molecular complexity index is 1220. The third kappa shape index (κ3) is 2.20. The molecule has 2 aromatic carbocycles. The van der Waals surface area contributed by atoms with Gasteiger partial charge in [-0.3, -0.25) is 9.59 Å². The normalized spacial score (nSPS) is 20.4. The number of fused-ring (bicyclic) bond motifs is 4. The van der Waals surface area contributed by atoms with E-state index in [1.807, 2.05) is 12.2 Å². The number of allylic oxidation sites excluding steroid dienone is 4. The average Bonchev–Trinajstić information content (AvgIpc) is 3.16. The van der Waals surface area contributed by atoms with E-state index in [2.05, 4.69) is 16.0 Å². The van der Waals surface area contributed by atoms with Crippen LogP contribution in [0.1, 0.15) is 26.3 Å². The number of nitrogens with zero attached hydrogens (tertiary/aromatic N) is 2. The third-order valence-electron chi connectivity index (χ3n) is 5.19. The van der Waals surface area contributed by atoms with Crippen LogP contribution >= 0.6 is 0 Å². The topological polar surface area (TPSA) is 86.6 Å². The van der Waals surface area contributed by atoms with Crippen molar-refractivity contribution in [1.82, 2.24) is 9.97 Å². The maximum absolute atomic E-state index is 13.1. The Labute approximate surface area is 154 Å². The number of rotatable bonds is 1. The van der Waals surface area contributed by atoms with Crippen molar-refractivity contribution in [2.24, 2.45) is 11.8 Å². The smallest absolute Gasteiger partial charge is 0.173 e. The zero-order chi connectivity index (χ0) is 18.5. The van der Waals surface area contributed by atoms with E-state index < -0.39 is 11.8 Å². The molecule has 27 heavy (non-hydrogen) atoms. The van der Waals surface area contributed by atoms with Crippen molar-refractivity contribution >= 4 is 22.6 Å². The number of benzene rings is 2. The second-order valence-electron chi connectivity index (χ2n) is 6.71. The molecule has 5 heteroatoms. The van der Waals surface area contributed by atoms with Gasteiger partial charge in [-0.1, -0.05) is 24.3 Å². The summed E-state index contributed by atoms with van der Waals surface area (Å²) < 4.78 is 0. The fourth-order valence-electron chi connectivity index (χ4n) is 3.82. The lowest BCUT2D eigenvalue weighted by atomic mass is 9.72. The summed E-state index contributed by atoms with van der Waals surface area (Å²) in [5.41, 5.74) is 3.44. The molecule has 0 fully saturated rings. The highest BCUT2D eigenvalue weighted by Gasteiger charge is 2.40. The van der Waals surface area contributed by atoms with Gasteiger partial charge in [-0.25, -0.2) is 4.98 Å². The molecule has 2 atom stereocenters. The number of H-pyrrole nitrogens is 1. The van der Waals surface area contributed by atoms with Gasteiger partial charge < -0.3 is 4.98 Å². The summed E-state index contributed by atoms with van der Waals surface area (Å²) in [5, 5.41) is 8.94. The second-order valence-corrected chi connectivity index (χ2v) is 6.71. The molecule has 2 aliphatic rings. The van der Waals surface area contributed by atoms with Gasteiger partial charge in [0.25, 0.3) is 0 Å². The summed E-state index contributed by atoms with van der Waals surface area (Å²) in [7, 11) is 0. The van der Waals surface area contributed by atoms with Crippen LogP contribution < -0.4 is 0 Å². The summed E-state index contributed by atoms with van der Waals surface area (Å²) in [6, 6.07) is 12.6. The van der Waals surface area contributed by atoms with E-state index in [1.165, 1.54) is 0 Å². The van der Waals surface area contributed by atoms with E-state index in [4.69, 9.17) is 5.26 Å². The standard InChI is InChI=1S/C22H13N3O2/c23-11-12-5-7-13(8-6-12)22-24-17-10-9-16-18(19(17)25-22)21(27)15-4-2-1-3-14(15)20(16)26/h1-10,14-15H,(H,24,25)/t14-,15-/m0/s1. The SMILES string of the molecule is N#Cc1ccc(-c2nc3c4c(ccc3[nH]2)C(=O)[C@H]2C=CC=C[C@@H]2C4=O)cc1. The number of aromatic nitrogens is 2. The fourth-order valence-corrected chi connectivity index (χ4v) is 3.82. The van der Waals surface area contributed by atoms with Crippen LogP contribution in [0.15, 0.2) is 60.7 Å². The molecule has 0 radical (unpaired) electrons. The van der Waals surface area contributed by atoms with Crippen molar-refractivity contribution in [3.8, 4) is 17.5 Å². The Morgan fingerprint density at radius 2 is 1.63 bits per heavy atom. The monoisotopic (exact) mass is 351 g/mol. The number of hydrogen-bond acceptors (Lipinski definition) is 4. The molecular weight excluding hydrogens is 338 g/mol. The minimum Gasteiger partial charge on any atom is -0.338 e. The predicted octanol–water partition coefficient (Wildman–Crippen LogP) is 3.84. The van der Waals surface area contributed by atoms with Crippen LogP contribution in [0.2, 0.25) is 0 Å². The summed E-state index contributed by atoms with van der Waals surface area (Å²) in [6.07, 6.45) is 7.21. The molecule has 5 nitrogen and oxygen atoms in total. The van der Waals surface area contributed by atoms with E-state index >= 15 is 0 Å². The highest BCUT2D eigenvalue weighted by atomic mass is 16.1. The number of ketones is 2. The van der Waals surface area contributed by atoms with Gasteiger partial charge in [-0.05, 0) is 36.4 Å². The highest BCUT2D eigenvalue weighted by Crippen LogP contribution is 2.37. The second kappa shape index (κ2) is 5.61. The predicted molar refractivity (Wildman–Crippen MR) is 100 cm³/mol. The van der Waals surface area contributed by atoms with Crippen LogP contribution in [0.5, 0.6) is 0 Å². The molecule has 0 amide bonds. The minimum atomic E-state index is -0.462. The van der Waals surface area contributed by atoms with Crippen LogP contribution in [-0.2, 0) is 0 Å². The number of nitrogens with one attached hydrogen (secondary N) is 1. The lowest BCUT2D eigenvalue weighted by Gasteiger charge is -2.28. The number of Topliss-reactive ketones (excluding diaryl/α,β-unsaturated/α-hetero) is 2. The van der Waals surface area contributed by atoms with Gasteiger partial charge in [-0.2, -0.15) is 5.26 Å². The molecule has 1 heterocycles. The first-order valence-electron chi connectivity index (χ1n) is 8.64. The van der Waals surface area contributed by atoms with Gasteiger partial charge in [-0.15, -0.1) is 0 Å². The lowest BCUT2D eigenvalue weighted by Crippen LogP contribution is -2.35. The summed E-state index contributed by atoms with van der Waals surface area (Å²) in [6.45, 7) is 0. The molecule has 1 N–H and O–H groups in total. The molecule has 0 spiro atoms. The molecule has 1 aromatic heterocycles. The van der Waals surface area contributed by atoms with Crippen LogP contribution in [0, 0.1) is 23.2 Å². The van der Waals surface area contributed by atoms with Gasteiger partial charge in [0.1, 0.15) is 11.3 Å². The third-order valence-corrected chi connectivity index (χ3v) is 5.19. The number of carbonyl (C=O) groups excluding carboxylic acids is 2. The fraction of sp³-hybridized carbons (Fsp3) is 0.0909. The number of hydrogen-bond donors (Lipinski definition) is 1. The van der Waals surface area contributed by atoms with Gasteiger partial charge in [0.15, 0.2) is 11.6 Å². The van der Waals surface area contributed by atoms with Gasteiger partial charge >= 0.3 is 0 Å². The van der Waals surface area contributed by atoms with Gasteiger partial charge in [0.05, 0.1) is 34.5 Å². The van der Waals surface area contributed by atoms with Gasteiger partial charge in [0, 0.05) is 11.1 Å². The van der Waals surface area contributed by atoms with Crippen LogP contribution in [0.25, 0.3) is 22.4 Å². The Balaban J connectivity index is 1.69. The molecule has 2 aliphatic carbocycles. The van der Waals surface area contributed by atoms with Crippen molar-refractivity contribution in [2.75, 3.05) is 0 Å². The highest BCUT2D eigenvalue weighted by molar-refractivity contribution is 6.22. The van der Waals surface area contributed by atoms with Crippen LogP contribution in [0.4, 0.5) is 0 Å². The van der Waals surface area contributed by atoms with E-state index in [1.54, 1.807) is 48.6 Å². The molecule has 5 rings (SSSR count). The Morgan fingerprint density at radius 3 is 2.33 bits per heavy atom.